The molecule has 0 spiro atoms. The van der Waals surface area contributed by atoms with E-state index in [9.17, 15) is 0 Å². The van der Waals surface area contributed by atoms with Crippen LogP contribution in [0.25, 0.3) is 0 Å². The predicted molar refractivity (Wildman–Crippen MR) is 50.8 cm³/mol. The zero-order valence-electron chi connectivity index (χ0n) is 7.98. The highest BCUT2D eigenvalue weighted by Crippen LogP contribution is 2.38. The second-order valence-corrected chi connectivity index (χ2v) is 4.11. The first-order valence-corrected chi connectivity index (χ1v) is 4.99. The van der Waals surface area contributed by atoms with Gasteiger partial charge in [0.05, 0.1) is 6.04 Å². The van der Waals surface area contributed by atoms with E-state index in [4.69, 9.17) is 10.9 Å². The molecule has 2 aliphatic heterocycles. The number of nitrogens with two attached hydrogens (primary N) is 1. The molecule has 2 saturated heterocycles. The molecule has 1 atom stereocenters. The van der Waals surface area contributed by atoms with Crippen LogP contribution in [0.1, 0.15) is 32.6 Å². The summed E-state index contributed by atoms with van der Waals surface area (Å²) in [4.78, 5) is 2.41. The molecule has 13 heavy (non-hydrogen) atoms. The lowest BCUT2D eigenvalue weighted by atomic mass is 10.0. The Morgan fingerprint density at radius 2 is 1.85 bits per heavy atom. The molecule has 0 aromatic rings. The molecule has 2 rings (SSSR count). The van der Waals surface area contributed by atoms with E-state index in [-0.39, 0.29) is 6.04 Å². The van der Waals surface area contributed by atoms with Gasteiger partial charge in [-0.05, 0) is 32.6 Å². The summed E-state index contributed by atoms with van der Waals surface area (Å²) < 4.78 is 0. The maximum atomic E-state index is 8.59. The highest BCUT2D eigenvalue weighted by atomic mass is 16.4. The van der Waals surface area contributed by atoms with Crippen LogP contribution >= 0.6 is 0 Å². The van der Waals surface area contributed by atoms with Crippen molar-refractivity contribution in [3.05, 3.63) is 0 Å². The van der Waals surface area contributed by atoms with Gasteiger partial charge in [0.25, 0.3) is 0 Å². The Hall–Kier alpha value is -0.770. The molecule has 0 aromatic carbocycles. The zero-order chi connectivity index (χ0) is 9.42. The number of fused-ring (bicyclic) bond motifs is 2. The molecule has 4 heteroatoms. The monoisotopic (exact) mass is 183 g/mol. The summed E-state index contributed by atoms with van der Waals surface area (Å²) in [5.74, 6) is 0.346. The first kappa shape index (κ1) is 8.81. The van der Waals surface area contributed by atoms with Crippen LogP contribution in [0.2, 0.25) is 0 Å². The van der Waals surface area contributed by atoms with Gasteiger partial charge in [-0.15, -0.1) is 0 Å². The molecule has 0 saturated carbocycles. The molecule has 74 valence electrons. The fourth-order valence-electron chi connectivity index (χ4n) is 2.82. The van der Waals surface area contributed by atoms with Gasteiger partial charge in [0.1, 0.15) is 0 Å². The van der Waals surface area contributed by atoms with E-state index in [0.717, 1.165) is 0 Å². The van der Waals surface area contributed by atoms with Gasteiger partial charge in [0.2, 0.25) is 0 Å². The van der Waals surface area contributed by atoms with Crippen LogP contribution in [0.15, 0.2) is 5.16 Å². The number of rotatable bonds is 2. The lowest BCUT2D eigenvalue weighted by Crippen LogP contribution is -2.45. The quantitative estimate of drug-likeness (QED) is 0.287. The molecule has 0 aliphatic carbocycles. The Kier molecular flexibility index (Phi) is 2.15. The standard InChI is InChI=1S/C9H17N3O/c1-6(9(10)11-13)12-7-2-3-8(12)5-4-7/h6-8,13H,2-5H2,1H3,(H2,10,11). The SMILES string of the molecule is CC(/C(N)=N/O)N1C2CCC1CC2. The number of amidine groups is 1. The van der Waals surface area contributed by atoms with Crippen LogP contribution in [-0.2, 0) is 0 Å². The summed E-state index contributed by atoms with van der Waals surface area (Å²) in [7, 11) is 0. The zero-order valence-corrected chi connectivity index (χ0v) is 7.98. The van der Waals surface area contributed by atoms with Crippen LogP contribution < -0.4 is 5.73 Å². The summed E-state index contributed by atoms with van der Waals surface area (Å²) in [6.07, 6.45) is 5.14. The van der Waals surface area contributed by atoms with Crippen LogP contribution in [0.5, 0.6) is 0 Å². The van der Waals surface area contributed by atoms with Crippen LogP contribution in [0.4, 0.5) is 0 Å². The number of nitrogens with zero attached hydrogens (tertiary/aromatic N) is 2. The van der Waals surface area contributed by atoms with Gasteiger partial charge in [0, 0.05) is 12.1 Å². The van der Waals surface area contributed by atoms with Crippen molar-refractivity contribution in [1.82, 2.24) is 4.90 Å². The van der Waals surface area contributed by atoms with Crippen molar-refractivity contribution in [3.8, 4) is 0 Å². The molecule has 2 aliphatic rings. The van der Waals surface area contributed by atoms with Gasteiger partial charge < -0.3 is 10.9 Å². The minimum Gasteiger partial charge on any atom is -0.409 e. The molecule has 1 unspecified atom stereocenters. The summed E-state index contributed by atoms with van der Waals surface area (Å²) >= 11 is 0. The van der Waals surface area contributed by atoms with Gasteiger partial charge >= 0.3 is 0 Å². The minimum atomic E-state index is 0.102. The van der Waals surface area contributed by atoms with E-state index < -0.39 is 0 Å². The largest absolute Gasteiger partial charge is 0.409 e. The average molecular weight is 183 g/mol. The first-order chi connectivity index (χ1) is 6.24. The molecule has 3 N–H and O–H groups in total. The van der Waals surface area contributed by atoms with E-state index in [1.54, 1.807) is 0 Å². The third kappa shape index (κ3) is 1.29. The van der Waals surface area contributed by atoms with Crippen molar-refractivity contribution in [3.63, 3.8) is 0 Å². The predicted octanol–water partition coefficient (Wildman–Crippen LogP) is 0.748. The fraction of sp³-hybridized carbons (Fsp3) is 0.889. The second-order valence-electron chi connectivity index (χ2n) is 4.11. The lowest BCUT2D eigenvalue weighted by molar-refractivity contribution is 0.223. The third-order valence-electron chi connectivity index (χ3n) is 3.50. The van der Waals surface area contributed by atoms with Gasteiger partial charge in [-0.25, -0.2) is 0 Å². The maximum Gasteiger partial charge on any atom is 0.156 e. The maximum absolute atomic E-state index is 8.59. The molecule has 0 radical (unpaired) electrons. The summed E-state index contributed by atoms with van der Waals surface area (Å²) in [5.41, 5.74) is 5.61. The molecule has 2 fully saturated rings. The Labute approximate surface area is 78.4 Å². The Bertz CT molecular complexity index is 209. The van der Waals surface area contributed by atoms with Crippen LogP contribution in [-0.4, -0.2) is 34.1 Å². The van der Waals surface area contributed by atoms with Gasteiger partial charge in [-0.2, -0.15) is 0 Å². The van der Waals surface area contributed by atoms with E-state index >= 15 is 0 Å². The van der Waals surface area contributed by atoms with E-state index in [2.05, 4.69) is 10.1 Å². The summed E-state index contributed by atoms with van der Waals surface area (Å²) in [5, 5.41) is 11.7. The van der Waals surface area contributed by atoms with Crippen molar-refractivity contribution in [2.75, 3.05) is 0 Å². The normalized spacial score (nSPS) is 36.8. The minimum absolute atomic E-state index is 0.102. The van der Waals surface area contributed by atoms with Crippen molar-refractivity contribution in [2.24, 2.45) is 10.9 Å². The Morgan fingerprint density at radius 3 is 2.23 bits per heavy atom. The Balaban J connectivity index is 2.09. The molecular weight excluding hydrogens is 166 g/mol. The van der Waals surface area contributed by atoms with Gasteiger partial charge in [0.15, 0.2) is 5.84 Å². The first-order valence-electron chi connectivity index (χ1n) is 4.99. The molecule has 0 aromatic heterocycles. The Morgan fingerprint density at radius 1 is 1.38 bits per heavy atom. The van der Waals surface area contributed by atoms with Gasteiger partial charge in [-0.3, -0.25) is 4.90 Å². The van der Waals surface area contributed by atoms with Crippen molar-refractivity contribution in [2.45, 2.75) is 50.7 Å². The van der Waals surface area contributed by atoms with E-state index in [1.165, 1.54) is 25.7 Å². The highest BCUT2D eigenvalue weighted by Gasteiger charge is 2.42. The van der Waals surface area contributed by atoms with E-state index in [1.807, 2.05) is 6.92 Å². The average Bonchev–Trinajstić information content (AvgIpc) is 2.74. The van der Waals surface area contributed by atoms with E-state index in [0.29, 0.717) is 17.9 Å². The second kappa shape index (κ2) is 3.18. The summed E-state index contributed by atoms with van der Waals surface area (Å²) in [6.45, 7) is 2.02. The lowest BCUT2D eigenvalue weighted by Gasteiger charge is -2.27. The fourth-order valence-corrected chi connectivity index (χ4v) is 2.82. The highest BCUT2D eigenvalue weighted by molar-refractivity contribution is 5.84. The van der Waals surface area contributed by atoms with Gasteiger partial charge in [-0.1, -0.05) is 5.16 Å². The van der Waals surface area contributed by atoms with Crippen molar-refractivity contribution >= 4 is 5.84 Å². The number of hydrogen-bond donors (Lipinski definition) is 2. The molecule has 2 heterocycles. The topological polar surface area (TPSA) is 61.9 Å². The molecule has 4 nitrogen and oxygen atoms in total. The van der Waals surface area contributed by atoms with Crippen molar-refractivity contribution < 1.29 is 5.21 Å². The van der Waals surface area contributed by atoms with Crippen LogP contribution in [0, 0.1) is 0 Å². The van der Waals surface area contributed by atoms with Crippen molar-refractivity contribution in [1.29, 1.82) is 0 Å². The number of hydrogen-bond acceptors (Lipinski definition) is 3. The third-order valence-corrected chi connectivity index (χ3v) is 3.50. The molecule has 2 bridgehead atoms. The molecule has 0 amide bonds. The molecular formula is C9H17N3O. The smallest absolute Gasteiger partial charge is 0.156 e. The number of oxime groups is 1. The summed E-state index contributed by atoms with van der Waals surface area (Å²) in [6, 6.07) is 1.46. The van der Waals surface area contributed by atoms with Crippen LogP contribution in [0.3, 0.4) is 0 Å².